The third-order valence-electron chi connectivity index (χ3n) is 9.14. The largest absolute Gasteiger partial charge is 0.503 e. The zero-order chi connectivity index (χ0) is 26.9. The van der Waals surface area contributed by atoms with Gasteiger partial charge in [0.1, 0.15) is 0 Å². The van der Waals surface area contributed by atoms with Crippen molar-refractivity contribution in [2.75, 3.05) is 7.11 Å². The Balaban J connectivity index is 1.49. The van der Waals surface area contributed by atoms with Crippen molar-refractivity contribution in [3.8, 4) is 11.5 Å². The number of Topliss-reactive ketones (excluding diaryl/α,β-unsaturated/α-hetero) is 1. The van der Waals surface area contributed by atoms with Gasteiger partial charge in [-0.3, -0.25) is 24.1 Å². The van der Waals surface area contributed by atoms with Crippen molar-refractivity contribution in [3.63, 3.8) is 0 Å². The van der Waals surface area contributed by atoms with Gasteiger partial charge in [-0.1, -0.05) is 30.9 Å². The van der Waals surface area contributed by atoms with Crippen LogP contribution in [0.25, 0.3) is 0 Å². The average molecular weight is 580 g/mol. The van der Waals surface area contributed by atoms with Gasteiger partial charge in [-0.05, 0) is 78.2 Å². The molecule has 8 heteroatoms. The average Bonchev–Trinajstić information content (AvgIpc) is 3.17. The summed E-state index contributed by atoms with van der Waals surface area (Å²) in [5.74, 6) is -2.36. The molecule has 0 radical (unpaired) electrons. The molecule has 0 aromatic heterocycles. The van der Waals surface area contributed by atoms with Crippen molar-refractivity contribution in [2.24, 2.45) is 17.8 Å². The van der Waals surface area contributed by atoms with Crippen LogP contribution in [0.4, 0.5) is 0 Å². The minimum absolute atomic E-state index is 0.0488. The van der Waals surface area contributed by atoms with E-state index in [1.54, 1.807) is 24.0 Å². The van der Waals surface area contributed by atoms with Crippen molar-refractivity contribution in [1.29, 1.82) is 0 Å². The number of allylic oxidation sites excluding steroid dienone is 6. The highest BCUT2D eigenvalue weighted by atomic mass is 79.9. The summed E-state index contributed by atoms with van der Waals surface area (Å²) in [5.41, 5.74) is 2.81. The number of benzene rings is 1. The molecule has 1 heterocycles. The second kappa shape index (κ2) is 9.33. The molecule has 6 rings (SSSR count). The molecule has 38 heavy (non-hydrogen) atoms. The number of hydrogen-bond acceptors (Lipinski definition) is 6. The molecule has 1 N–H and O–H groups in total. The lowest BCUT2D eigenvalue weighted by atomic mass is 9.59. The lowest BCUT2D eigenvalue weighted by Gasteiger charge is -2.42. The molecule has 1 aromatic rings. The van der Waals surface area contributed by atoms with Gasteiger partial charge in [0.25, 0.3) is 0 Å². The van der Waals surface area contributed by atoms with Crippen LogP contribution >= 0.6 is 15.9 Å². The van der Waals surface area contributed by atoms with Crippen LogP contribution in [0.3, 0.4) is 0 Å². The summed E-state index contributed by atoms with van der Waals surface area (Å²) < 4.78 is 5.80. The maximum absolute atomic E-state index is 14.0. The maximum Gasteiger partial charge on any atom is 0.233 e. The van der Waals surface area contributed by atoms with E-state index in [0.717, 1.165) is 37.7 Å². The second-order valence-electron chi connectivity index (χ2n) is 11.1. The highest BCUT2D eigenvalue weighted by Gasteiger charge is 2.57. The molecule has 4 unspecified atom stereocenters. The van der Waals surface area contributed by atoms with Crippen LogP contribution in [-0.2, 0) is 19.2 Å². The quantitative estimate of drug-likeness (QED) is 0.309. The van der Waals surface area contributed by atoms with E-state index in [1.165, 1.54) is 13.2 Å². The zero-order valence-electron chi connectivity index (χ0n) is 21.5. The number of hydrogen-bond donors (Lipinski definition) is 1. The van der Waals surface area contributed by atoms with E-state index in [0.29, 0.717) is 33.2 Å². The molecule has 4 atom stereocenters. The number of halogens is 1. The van der Waals surface area contributed by atoms with Crippen LogP contribution in [0.1, 0.15) is 63.4 Å². The standard InChI is InChI=1S/C30H30BrNO6/c1-14-10-22(33)26-20(27(14)34)13-19-17(24(26)15-11-21(31)28(35)23(12-15)38-2)8-9-18-25(19)30(37)32(29(18)36)16-6-4-3-5-7-16/h8,10-12,16,18-19,24-25,35H,3-7,9,13H2,1-2H3. The van der Waals surface area contributed by atoms with Crippen LogP contribution in [0, 0.1) is 17.8 Å². The summed E-state index contributed by atoms with van der Waals surface area (Å²) in [5, 5.41) is 10.4. The number of phenolic OH excluding ortho intramolecular Hbond substituents is 1. The number of fused-ring (bicyclic) bond motifs is 3. The van der Waals surface area contributed by atoms with Crippen LogP contribution < -0.4 is 4.74 Å². The summed E-state index contributed by atoms with van der Waals surface area (Å²) in [6.07, 6.45) is 8.95. The van der Waals surface area contributed by atoms with Gasteiger partial charge in [-0.25, -0.2) is 0 Å². The highest BCUT2D eigenvalue weighted by molar-refractivity contribution is 9.10. The van der Waals surface area contributed by atoms with Gasteiger partial charge in [0.2, 0.25) is 11.8 Å². The highest BCUT2D eigenvalue weighted by Crippen LogP contribution is 2.56. The molecule has 5 aliphatic rings. The van der Waals surface area contributed by atoms with Crippen molar-refractivity contribution >= 4 is 39.3 Å². The van der Waals surface area contributed by atoms with E-state index in [4.69, 9.17) is 4.74 Å². The SMILES string of the molecule is COc1cc(C2C3=CCC4C(=O)N(C5CCCCC5)C(=O)C4C3CC3=C2C(=O)C=C(C)C3=O)cc(Br)c1O. The topological polar surface area (TPSA) is 101 Å². The summed E-state index contributed by atoms with van der Waals surface area (Å²) in [4.78, 5) is 55.9. The van der Waals surface area contributed by atoms with Crippen LogP contribution in [0.5, 0.6) is 11.5 Å². The van der Waals surface area contributed by atoms with Crippen molar-refractivity contribution < 1.29 is 29.0 Å². The van der Waals surface area contributed by atoms with E-state index >= 15 is 0 Å². The van der Waals surface area contributed by atoms with E-state index in [9.17, 15) is 24.3 Å². The Kier molecular flexibility index (Phi) is 6.21. The fraction of sp³-hybridized carbons (Fsp3) is 0.467. The summed E-state index contributed by atoms with van der Waals surface area (Å²) in [7, 11) is 1.45. The molecular weight excluding hydrogens is 550 g/mol. The van der Waals surface area contributed by atoms with Gasteiger partial charge >= 0.3 is 0 Å². The Morgan fingerprint density at radius 1 is 1.03 bits per heavy atom. The minimum atomic E-state index is -0.581. The first-order valence-corrected chi connectivity index (χ1v) is 14.2. The summed E-state index contributed by atoms with van der Waals surface area (Å²) in [6.45, 7) is 1.64. The van der Waals surface area contributed by atoms with Crippen molar-refractivity contribution in [1.82, 2.24) is 4.90 Å². The van der Waals surface area contributed by atoms with Gasteiger partial charge in [0.15, 0.2) is 23.1 Å². The number of amides is 2. The number of likely N-dealkylation sites (tertiary alicyclic amines) is 1. The molecule has 0 spiro atoms. The Hall–Kier alpha value is -3.00. The third-order valence-corrected chi connectivity index (χ3v) is 9.74. The lowest BCUT2D eigenvalue weighted by Crippen LogP contribution is -2.43. The number of ketones is 2. The van der Waals surface area contributed by atoms with Crippen LogP contribution in [0.15, 0.2) is 51.0 Å². The molecule has 4 aliphatic carbocycles. The van der Waals surface area contributed by atoms with Crippen molar-refractivity contribution in [2.45, 2.75) is 63.8 Å². The van der Waals surface area contributed by atoms with Gasteiger partial charge in [-0.15, -0.1) is 0 Å². The van der Waals surface area contributed by atoms with Crippen LogP contribution in [0.2, 0.25) is 0 Å². The Labute approximate surface area is 229 Å². The maximum atomic E-state index is 14.0. The van der Waals surface area contributed by atoms with Gasteiger partial charge in [-0.2, -0.15) is 0 Å². The molecule has 2 amide bonds. The normalized spacial score (nSPS) is 29.6. The Morgan fingerprint density at radius 2 is 1.76 bits per heavy atom. The lowest BCUT2D eigenvalue weighted by molar-refractivity contribution is -0.143. The van der Waals surface area contributed by atoms with Gasteiger partial charge < -0.3 is 9.84 Å². The van der Waals surface area contributed by atoms with E-state index in [2.05, 4.69) is 15.9 Å². The van der Waals surface area contributed by atoms with E-state index in [-0.39, 0.29) is 53.3 Å². The molecule has 198 valence electrons. The molecule has 1 saturated carbocycles. The Bertz CT molecular complexity index is 1380. The predicted molar refractivity (Wildman–Crippen MR) is 142 cm³/mol. The molecule has 0 bridgehead atoms. The summed E-state index contributed by atoms with van der Waals surface area (Å²) in [6, 6.07) is 3.37. The summed E-state index contributed by atoms with van der Waals surface area (Å²) >= 11 is 3.40. The number of carbonyl (C=O) groups excluding carboxylic acids is 4. The third kappa shape index (κ3) is 3.67. The minimum Gasteiger partial charge on any atom is -0.503 e. The molecule has 2 fully saturated rings. The van der Waals surface area contributed by atoms with E-state index in [1.807, 2.05) is 6.08 Å². The number of carbonyl (C=O) groups is 4. The van der Waals surface area contributed by atoms with Gasteiger partial charge in [0, 0.05) is 28.7 Å². The molecule has 1 saturated heterocycles. The molecule has 1 aliphatic heterocycles. The monoisotopic (exact) mass is 579 g/mol. The fourth-order valence-electron chi connectivity index (χ4n) is 7.40. The number of rotatable bonds is 3. The number of imide groups is 1. The number of aromatic hydroxyl groups is 1. The fourth-order valence-corrected chi connectivity index (χ4v) is 7.86. The first-order chi connectivity index (χ1) is 18.2. The molecular formula is C30H30BrNO6. The van der Waals surface area contributed by atoms with Crippen molar-refractivity contribution in [3.05, 3.63) is 56.6 Å². The van der Waals surface area contributed by atoms with Gasteiger partial charge in [0.05, 0.1) is 23.4 Å². The predicted octanol–water partition coefficient (Wildman–Crippen LogP) is 4.93. The first kappa shape index (κ1) is 25.3. The first-order valence-electron chi connectivity index (χ1n) is 13.4. The zero-order valence-corrected chi connectivity index (χ0v) is 23.0. The number of nitrogens with zero attached hydrogens (tertiary/aromatic N) is 1. The molecule has 7 nitrogen and oxygen atoms in total. The second-order valence-corrected chi connectivity index (χ2v) is 12.0. The molecule has 1 aromatic carbocycles. The number of ether oxygens (including phenoxy) is 1. The van der Waals surface area contributed by atoms with Crippen LogP contribution in [-0.4, -0.2) is 46.5 Å². The number of methoxy groups -OCH3 is 1. The smallest absolute Gasteiger partial charge is 0.233 e. The number of phenols is 1. The Morgan fingerprint density at radius 3 is 2.47 bits per heavy atom. The van der Waals surface area contributed by atoms with E-state index < -0.39 is 17.8 Å².